The normalized spacial score (nSPS) is 16.2. The van der Waals surface area contributed by atoms with Crippen molar-refractivity contribution in [2.45, 2.75) is 13.5 Å². The van der Waals surface area contributed by atoms with Crippen LogP contribution in [-0.2, 0) is 11.3 Å². The molecule has 1 aliphatic heterocycles. The van der Waals surface area contributed by atoms with Gasteiger partial charge in [-0.3, -0.25) is 0 Å². The van der Waals surface area contributed by atoms with Crippen LogP contribution in [-0.4, -0.2) is 37.8 Å². The number of rotatable bonds is 4. The molecule has 2 rings (SSSR count). The molecule has 0 aromatic carbocycles. The van der Waals surface area contributed by atoms with Gasteiger partial charge >= 0.3 is 0 Å². The number of nitrogens with one attached hydrogen (secondary N) is 1. The number of nitrogens with zero attached hydrogens (tertiary/aromatic N) is 2. The van der Waals surface area contributed by atoms with Crippen LogP contribution in [0.25, 0.3) is 0 Å². The lowest BCUT2D eigenvalue weighted by Gasteiger charge is -2.28. The predicted octanol–water partition coefficient (Wildman–Crippen LogP) is 1.68. The molecule has 94 valence electrons. The van der Waals surface area contributed by atoms with Crippen LogP contribution in [0, 0.1) is 0 Å². The van der Waals surface area contributed by atoms with Crippen molar-refractivity contribution in [3.8, 4) is 0 Å². The molecule has 17 heavy (non-hydrogen) atoms. The second kappa shape index (κ2) is 6.19. The smallest absolute Gasteiger partial charge is 0.129 e. The fourth-order valence-corrected chi connectivity index (χ4v) is 2.00. The first-order valence-corrected chi connectivity index (χ1v) is 6.37. The van der Waals surface area contributed by atoms with Crippen molar-refractivity contribution in [3.05, 3.63) is 22.8 Å². The number of morpholine rings is 1. The Morgan fingerprint density at radius 3 is 2.94 bits per heavy atom. The van der Waals surface area contributed by atoms with Crippen LogP contribution >= 0.6 is 11.6 Å². The summed E-state index contributed by atoms with van der Waals surface area (Å²) in [6, 6.07) is 2.07. The number of anilines is 1. The van der Waals surface area contributed by atoms with E-state index in [9.17, 15) is 0 Å². The molecule has 0 amide bonds. The standard InChI is InChI=1S/C12H18ClN3O/c1-2-14-8-10-7-12(15-9-11(10)13)16-3-5-17-6-4-16/h7,9,14H,2-6,8H2,1H3. The van der Waals surface area contributed by atoms with Crippen molar-refractivity contribution in [2.75, 3.05) is 37.7 Å². The first kappa shape index (κ1) is 12.6. The third-order valence-corrected chi connectivity index (χ3v) is 3.16. The van der Waals surface area contributed by atoms with E-state index in [0.29, 0.717) is 0 Å². The Bertz CT molecular complexity index is 367. The van der Waals surface area contributed by atoms with Gasteiger partial charge in [-0.05, 0) is 18.2 Å². The van der Waals surface area contributed by atoms with Gasteiger partial charge < -0.3 is 15.0 Å². The monoisotopic (exact) mass is 255 g/mol. The van der Waals surface area contributed by atoms with Crippen molar-refractivity contribution >= 4 is 17.4 Å². The van der Waals surface area contributed by atoms with Crippen molar-refractivity contribution in [1.29, 1.82) is 0 Å². The Balaban J connectivity index is 2.11. The predicted molar refractivity (Wildman–Crippen MR) is 69.7 cm³/mol. The van der Waals surface area contributed by atoms with Crippen LogP contribution in [0.3, 0.4) is 0 Å². The summed E-state index contributed by atoms with van der Waals surface area (Å²) in [5.41, 5.74) is 1.10. The molecule has 0 radical (unpaired) electrons. The second-order valence-electron chi connectivity index (χ2n) is 4.01. The van der Waals surface area contributed by atoms with Gasteiger partial charge in [0.2, 0.25) is 0 Å². The maximum atomic E-state index is 6.13. The van der Waals surface area contributed by atoms with Crippen molar-refractivity contribution in [2.24, 2.45) is 0 Å². The van der Waals surface area contributed by atoms with E-state index in [1.165, 1.54) is 0 Å². The van der Waals surface area contributed by atoms with Crippen LogP contribution in [0.5, 0.6) is 0 Å². The van der Waals surface area contributed by atoms with Gasteiger partial charge in [0, 0.05) is 25.8 Å². The largest absolute Gasteiger partial charge is 0.378 e. The molecule has 1 fully saturated rings. The van der Waals surface area contributed by atoms with E-state index in [2.05, 4.69) is 28.2 Å². The van der Waals surface area contributed by atoms with Crippen LogP contribution in [0.1, 0.15) is 12.5 Å². The van der Waals surface area contributed by atoms with Crippen LogP contribution in [0.4, 0.5) is 5.82 Å². The van der Waals surface area contributed by atoms with Gasteiger partial charge in [-0.1, -0.05) is 18.5 Å². The average molecular weight is 256 g/mol. The van der Waals surface area contributed by atoms with Crippen LogP contribution < -0.4 is 10.2 Å². The summed E-state index contributed by atoms with van der Waals surface area (Å²) in [6.45, 7) is 7.14. The minimum atomic E-state index is 0.725. The Morgan fingerprint density at radius 2 is 2.24 bits per heavy atom. The molecule has 0 unspecified atom stereocenters. The summed E-state index contributed by atoms with van der Waals surface area (Å²) < 4.78 is 5.33. The molecular formula is C12H18ClN3O. The van der Waals surface area contributed by atoms with Gasteiger partial charge in [0.05, 0.1) is 18.2 Å². The number of pyridine rings is 1. The molecule has 0 aliphatic carbocycles. The minimum absolute atomic E-state index is 0.725. The minimum Gasteiger partial charge on any atom is -0.378 e. The number of hydrogen-bond acceptors (Lipinski definition) is 4. The van der Waals surface area contributed by atoms with Gasteiger partial charge in [-0.2, -0.15) is 0 Å². The molecule has 2 heterocycles. The highest BCUT2D eigenvalue weighted by molar-refractivity contribution is 6.31. The molecule has 1 saturated heterocycles. The molecule has 4 nitrogen and oxygen atoms in total. The fourth-order valence-electron chi connectivity index (χ4n) is 1.83. The topological polar surface area (TPSA) is 37.4 Å². The fraction of sp³-hybridized carbons (Fsp3) is 0.583. The van der Waals surface area contributed by atoms with Gasteiger partial charge in [0.1, 0.15) is 5.82 Å². The van der Waals surface area contributed by atoms with E-state index in [-0.39, 0.29) is 0 Å². The Morgan fingerprint density at radius 1 is 1.47 bits per heavy atom. The van der Waals surface area contributed by atoms with Gasteiger partial charge in [0.15, 0.2) is 0 Å². The van der Waals surface area contributed by atoms with Crippen LogP contribution in [0.15, 0.2) is 12.3 Å². The summed E-state index contributed by atoms with van der Waals surface area (Å²) in [7, 11) is 0. The molecule has 0 saturated carbocycles. The zero-order valence-electron chi connectivity index (χ0n) is 10.1. The van der Waals surface area contributed by atoms with E-state index in [4.69, 9.17) is 16.3 Å². The molecule has 0 spiro atoms. The lowest BCUT2D eigenvalue weighted by Crippen LogP contribution is -2.36. The van der Waals surface area contributed by atoms with E-state index in [1.807, 2.05) is 0 Å². The molecular weight excluding hydrogens is 238 g/mol. The Labute approximate surface area is 107 Å². The number of halogens is 1. The summed E-state index contributed by atoms with van der Waals surface area (Å²) in [4.78, 5) is 6.61. The maximum Gasteiger partial charge on any atom is 0.129 e. The van der Waals surface area contributed by atoms with Gasteiger partial charge in [0.25, 0.3) is 0 Å². The summed E-state index contributed by atoms with van der Waals surface area (Å²) >= 11 is 6.13. The third-order valence-electron chi connectivity index (χ3n) is 2.82. The van der Waals surface area contributed by atoms with Crippen molar-refractivity contribution in [1.82, 2.24) is 10.3 Å². The second-order valence-corrected chi connectivity index (χ2v) is 4.42. The first-order chi connectivity index (χ1) is 8.31. The van der Waals surface area contributed by atoms with Crippen molar-refractivity contribution < 1.29 is 4.74 Å². The average Bonchev–Trinajstić information content (AvgIpc) is 2.39. The Hall–Kier alpha value is -0.840. The van der Waals surface area contributed by atoms with Crippen LogP contribution in [0.2, 0.25) is 5.02 Å². The van der Waals surface area contributed by atoms with Gasteiger partial charge in [-0.25, -0.2) is 4.98 Å². The molecule has 1 aromatic rings. The van der Waals surface area contributed by atoms with E-state index >= 15 is 0 Å². The van der Waals surface area contributed by atoms with E-state index in [0.717, 1.165) is 55.8 Å². The number of aromatic nitrogens is 1. The maximum absolute atomic E-state index is 6.13. The lowest BCUT2D eigenvalue weighted by molar-refractivity contribution is 0.122. The summed E-state index contributed by atoms with van der Waals surface area (Å²) in [5.74, 6) is 0.991. The zero-order chi connectivity index (χ0) is 12.1. The zero-order valence-corrected chi connectivity index (χ0v) is 10.8. The summed E-state index contributed by atoms with van der Waals surface area (Å²) in [5, 5.41) is 4.01. The highest BCUT2D eigenvalue weighted by Crippen LogP contribution is 2.21. The number of hydrogen-bond donors (Lipinski definition) is 1. The first-order valence-electron chi connectivity index (χ1n) is 5.99. The molecule has 1 N–H and O–H groups in total. The van der Waals surface area contributed by atoms with E-state index in [1.54, 1.807) is 6.20 Å². The highest BCUT2D eigenvalue weighted by Gasteiger charge is 2.13. The van der Waals surface area contributed by atoms with Gasteiger partial charge in [-0.15, -0.1) is 0 Å². The highest BCUT2D eigenvalue weighted by atomic mass is 35.5. The molecule has 0 bridgehead atoms. The van der Waals surface area contributed by atoms with Crippen molar-refractivity contribution in [3.63, 3.8) is 0 Å². The molecule has 0 atom stereocenters. The molecule has 1 aromatic heterocycles. The molecule has 5 heteroatoms. The third kappa shape index (κ3) is 3.31. The summed E-state index contributed by atoms with van der Waals surface area (Å²) in [6.07, 6.45) is 1.74. The Kier molecular flexibility index (Phi) is 4.59. The quantitative estimate of drug-likeness (QED) is 0.888. The molecule has 1 aliphatic rings. The van der Waals surface area contributed by atoms with E-state index < -0.39 is 0 Å². The lowest BCUT2D eigenvalue weighted by atomic mass is 10.2. The SMILES string of the molecule is CCNCc1cc(N2CCOCC2)ncc1Cl. The number of ether oxygens (including phenoxy) is 1.